The predicted molar refractivity (Wildman–Crippen MR) is 71.5 cm³/mol. The van der Waals surface area contributed by atoms with Crippen LogP contribution in [0.15, 0.2) is 18.2 Å². The number of carbonyl (C=O) groups excluding carboxylic acids is 1. The molecule has 0 radical (unpaired) electrons. The zero-order valence-electron chi connectivity index (χ0n) is 11.1. The van der Waals surface area contributed by atoms with E-state index in [1.807, 2.05) is 0 Å². The van der Waals surface area contributed by atoms with Crippen LogP contribution in [0.4, 0.5) is 17.6 Å². The van der Waals surface area contributed by atoms with Gasteiger partial charge < -0.3 is 5.32 Å². The number of carbonyl (C=O) groups is 1. The second kappa shape index (κ2) is 6.62. The number of halogens is 5. The van der Waals surface area contributed by atoms with Crippen molar-refractivity contribution in [2.45, 2.75) is 31.4 Å². The molecule has 3 nitrogen and oxygen atoms in total. The maximum Gasteiger partial charge on any atom is 0.262 e. The van der Waals surface area contributed by atoms with E-state index < -0.39 is 48.5 Å². The smallest absolute Gasteiger partial charge is 0.262 e. The highest BCUT2D eigenvalue weighted by Gasteiger charge is 2.42. The minimum atomic E-state index is -2.91. The maximum atomic E-state index is 13.5. The van der Waals surface area contributed by atoms with Crippen LogP contribution in [0.25, 0.3) is 0 Å². The van der Waals surface area contributed by atoms with E-state index in [1.165, 1.54) is 13.0 Å². The third-order valence-corrected chi connectivity index (χ3v) is 3.21. The summed E-state index contributed by atoms with van der Waals surface area (Å²) in [5, 5.41) is 4.85. The van der Waals surface area contributed by atoms with Crippen molar-refractivity contribution in [3.63, 3.8) is 0 Å². The molecule has 1 aromatic rings. The largest absolute Gasteiger partial charge is 0.348 e. The molecule has 2 rings (SSSR count). The Balaban J connectivity index is 0.00000220. The van der Waals surface area contributed by atoms with Gasteiger partial charge in [0, 0.05) is 18.1 Å². The molecule has 21 heavy (non-hydrogen) atoms. The average Bonchev–Trinajstić information content (AvgIpc) is 2.69. The van der Waals surface area contributed by atoms with E-state index in [2.05, 4.69) is 10.6 Å². The summed E-state index contributed by atoms with van der Waals surface area (Å²) in [5.74, 6) is -5.05. The molecule has 0 spiro atoms. The Morgan fingerprint density at radius 2 is 2.10 bits per heavy atom. The number of hydrogen-bond donors (Lipinski definition) is 2. The summed E-state index contributed by atoms with van der Waals surface area (Å²) < 4.78 is 52.3. The van der Waals surface area contributed by atoms with E-state index in [9.17, 15) is 22.4 Å². The molecule has 2 atom stereocenters. The topological polar surface area (TPSA) is 41.1 Å². The monoisotopic (exact) mass is 326 g/mol. The average molecular weight is 327 g/mol. The zero-order valence-corrected chi connectivity index (χ0v) is 11.9. The normalized spacial score (nSPS) is 21.5. The van der Waals surface area contributed by atoms with Crippen molar-refractivity contribution in [3.05, 3.63) is 35.4 Å². The number of amides is 1. The first kappa shape index (κ1) is 17.7. The van der Waals surface area contributed by atoms with Crippen LogP contribution in [0.1, 0.15) is 24.9 Å². The van der Waals surface area contributed by atoms with Crippen LogP contribution in [0.3, 0.4) is 0 Å². The minimum absolute atomic E-state index is 0. The van der Waals surface area contributed by atoms with E-state index in [1.54, 1.807) is 0 Å². The van der Waals surface area contributed by atoms with Crippen molar-refractivity contribution in [2.75, 3.05) is 6.54 Å². The van der Waals surface area contributed by atoms with E-state index in [4.69, 9.17) is 0 Å². The Morgan fingerprint density at radius 1 is 1.43 bits per heavy atom. The SMILES string of the molecule is CC(NC(=O)C1CC(F)(F)CN1)c1ccc(F)cc1F.Cl. The van der Waals surface area contributed by atoms with Gasteiger partial charge in [-0.3, -0.25) is 10.1 Å². The Kier molecular flexibility index (Phi) is 5.58. The van der Waals surface area contributed by atoms with Gasteiger partial charge in [0.1, 0.15) is 11.6 Å². The van der Waals surface area contributed by atoms with Crippen LogP contribution in [0, 0.1) is 11.6 Å². The number of rotatable bonds is 3. The molecular formula is C13H15ClF4N2O. The highest BCUT2D eigenvalue weighted by Crippen LogP contribution is 2.26. The predicted octanol–water partition coefficient (Wildman–Crippen LogP) is 2.56. The Morgan fingerprint density at radius 3 is 2.62 bits per heavy atom. The van der Waals surface area contributed by atoms with Gasteiger partial charge in [0.05, 0.1) is 18.6 Å². The standard InChI is InChI=1S/C13H14F4N2O.ClH/c1-7(9-3-2-8(14)4-10(9)15)19-12(20)11-5-13(16,17)6-18-11;/h2-4,7,11,18H,5-6H2,1H3,(H,19,20);1H. The molecular weight excluding hydrogens is 312 g/mol. The van der Waals surface area contributed by atoms with Gasteiger partial charge in [-0.2, -0.15) is 0 Å². The quantitative estimate of drug-likeness (QED) is 0.838. The van der Waals surface area contributed by atoms with E-state index in [-0.39, 0.29) is 18.0 Å². The Bertz CT molecular complexity index is 527. The summed E-state index contributed by atoms with van der Waals surface area (Å²) >= 11 is 0. The number of nitrogens with one attached hydrogen (secondary N) is 2. The summed E-state index contributed by atoms with van der Waals surface area (Å²) in [5.41, 5.74) is 0.101. The Labute approximate surface area is 125 Å². The van der Waals surface area contributed by atoms with Gasteiger partial charge in [-0.1, -0.05) is 6.07 Å². The summed E-state index contributed by atoms with van der Waals surface area (Å²) in [7, 11) is 0. The first-order valence-electron chi connectivity index (χ1n) is 6.15. The second-order valence-electron chi connectivity index (χ2n) is 4.89. The summed E-state index contributed by atoms with van der Waals surface area (Å²) in [6, 6.07) is 1.25. The van der Waals surface area contributed by atoms with E-state index in [0.29, 0.717) is 6.07 Å². The van der Waals surface area contributed by atoms with Crippen molar-refractivity contribution >= 4 is 18.3 Å². The molecule has 118 valence electrons. The van der Waals surface area contributed by atoms with Crippen molar-refractivity contribution in [1.29, 1.82) is 0 Å². The van der Waals surface area contributed by atoms with Gasteiger partial charge in [0.25, 0.3) is 5.92 Å². The molecule has 1 heterocycles. The molecule has 2 unspecified atom stereocenters. The number of alkyl halides is 2. The molecule has 2 N–H and O–H groups in total. The van der Waals surface area contributed by atoms with Gasteiger partial charge in [-0.05, 0) is 13.0 Å². The Hall–Kier alpha value is -1.34. The van der Waals surface area contributed by atoms with Crippen LogP contribution >= 0.6 is 12.4 Å². The van der Waals surface area contributed by atoms with Crippen LogP contribution in [-0.2, 0) is 4.79 Å². The lowest BCUT2D eigenvalue weighted by molar-refractivity contribution is -0.124. The van der Waals surface area contributed by atoms with Gasteiger partial charge >= 0.3 is 0 Å². The third-order valence-electron chi connectivity index (χ3n) is 3.21. The second-order valence-corrected chi connectivity index (χ2v) is 4.89. The first-order valence-corrected chi connectivity index (χ1v) is 6.15. The molecule has 1 saturated heterocycles. The number of benzene rings is 1. The molecule has 0 aliphatic carbocycles. The molecule has 1 aliphatic rings. The lowest BCUT2D eigenvalue weighted by atomic mass is 10.1. The lowest BCUT2D eigenvalue weighted by Gasteiger charge is -2.18. The summed E-state index contributed by atoms with van der Waals surface area (Å²) in [4.78, 5) is 11.8. The summed E-state index contributed by atoms with van der Waals surface area (Å²) in [6.45, 7) is 0.950. The fourth-order valence-corrected chi connectivity index (χ4v) is 2.15. The van der Waals surface area contributed by atoms with Crippen LogP contribution < -0.4 is 10.6 Å². The van der Waals surface area contributed by atoms with Crippen molar-refractivity contribution in [3.8, 4) is 0 Å². The van der Waals surface area contributed by atoms with Crippen molar-refractivity contribution in [1.82, 2.24) is 10.6 Å². The third kappa shape index (κ3) is 4.31. The highest BCUT2D eigenvalue weighted by atomic mass is 35.5. The maximum absolute atomic E-state index is 13.5. The highest BCUT2D eigenvalue weighted by molar-refractivity contribution is 5.85. The van der Waals surface area contributed by atoms with Gasteiger partial charge in [0.2, 0.25) is 5.91 Å². The molecule has 1 amide bonds. The molecule has 1 aliphatic heterocycles. The van der Waals surface area contributed by atoms with Crippen LogP contribution in [0.2, 0.25) is 0 Å². The van der Waals surface area contributed by atoms with Crippen molar-refractivity contribution < 1.29 is 22.4 Å². The van der Waals surface area contributed by atoms with E-state index in [0.717, 1.165) is 6.07 Å². The molecule has 1 aromatic carbocycles. The van der Waals surface area contributed by atoms with Crippen molar-refractivity contribution in [2.24, 2.45) is 0 Å². The fraction of sp³-hybridized carbons (Fsp3) is 0.462. The van der Waals surface area contributed by atoms with Gasteiger partial charge in [0.15, 0.2) is 0 Å². The van der Waals surface area contributed by atoms with Gasteiger partial charge in [-0.15, -0.1) is 12.4 Å². The lowest BCUT2D eigenvalue weighted by Crippen LogP contribution is -2.41. The zero-order chi connectivity index (χ0) is 14.9. The first-order chi connectivity index (χ1) is 9.28. The molecule has 0 bridgehead atoms. The molecule has 0 saturated carbocycles. The molecule has 0 aromatic heterocycles. The van der Waals surface area contributed by atoms with Crippen LogP contribution in [0.5, 0.6) is 0 Å². The van der Waals surface area contributed by atoms with Crippen LogP contribution in [-0.4, -0.2) is 24.4 Å². The van der Waals surface area contributed by atoms with Gasteiger partial charge in [-0.25, -0.2) is 17.6 Å². The molecule has 1 fully saturated rings. The summed E-state index contributed by atoms with van der Waals surface area (Å²) in [6.07, 6.45) is -0.586. The minimum Gasteiger partial charge on any atom is -0.348 e. The van der Waals surface area contributed by atoms with E-state index >= 15 is 0 Å². The fourth-order valence-electron chi connectivity index (χ4n) is 2.15. The molecule has 8 heteroatoms. The number of hydrogen-bond acceptors (Lipinski definition) is 2.